The van der Waals surface area contributed by atoms with E-state index in [1.165, 1.54) is 13.8 Å². The fraction of sp³-hybridized carbons (Fsp3) is 0.429. The van der Waals surface area contributed by atoms with Crippen molar-refractivity contribution >= 4 is 24.1 Å². The van der Waals surface area contributed by atoms with E-state index >= 15 is 0 Å². The second kappa shape index (κ2) is 10.6. The predicted octanol–water partition coefficient (Wildman–Crippen LogP) is 1.29. The lowest BCUT2D eigenvalue weighted by molar-refractivity contribution is -0.145. The van der Waals surface area contributed by atoms with Crippen LogP contribution in [0.2, 0.25) is 0 Å². The van der Waals surface area contributed by atoms with E-state index in [9.17, 15) is 19.2 Å². The molecule has 0 saturated carbocycles. The zero-order valence-corrected chi connectivity index (χ0v) is 13.9. The van der Waals surface area contributed by atoms with E-state index in [0.717, 1.165) is 0 Å². The van der Waals surface area contributed by atoms with Crippen molar-refractivity contribution in [1.29, 1.82) is 0 Å². The average molecular weight is 344 g/mol. The van der Waals surface area contributed by atoms with Gasteiger partial charge in [-0.05, 0) is 27.7 Å². The molecule has 0 rings (SSSR count). The molecule has 10 heteroatoms. The van der Waals surface area contributed by atoms with Crippen molar-refractivity contribution in [2.24, 2.45) is 0 Å². The molecule has 0 unspecified atom stereocenters. The number of amides is 2. The molecule has 0 aromatic heterocycles. The zero-order valence-electron chi connectivity index (χ0n) is 13.9. The van der Waals surface area contributed by atoms with Crippen LogP contribution in [0, 0.1) is 0 Å². The highest BCUT2D eigenvalue weighted by atomic mass is 16.7. The summed E-state index contributed by atoms with van der Waals surface area (Å²) in [6.07, 6.45) is -1.94. The molecule has 0 heterocycles. The first-order chi connectivity index (χ1) is 11.2. The Bertz CT molecular complexity index is 553. The normalized spacial score (nSPS) is 10.7. The summed E-state index contributed by atoms with van der Waals surface area (Å²) in [5.41, 5.74) is 1.45. The monoisotopic (exact) mass is 344 g/mol. The molecule has 2 amide bonds. The van der Waals surface area contributed by atoms with E-state index in [1.807, 2.05) is 0 Å². The maximum Gasteiger partial charge on any atom is 0.440 e. The van der Waals surface area contributed by atoms with Crippen molar-refractivity contribution in [2.45, 2.75) is 27.7 Å². The summed E-state index contributed by atoms with van der Waals surface area (Å²) in [4.78, 5) is 50.4. The van der Waals surface area contributed by atoms with Gasteiger partial charge in [-0.25, -0.2) is 19.2 Å². The van der Waals surface area contributed by atoms with Crippen LogP contribution in [0.1, 0.15) is 27.7 Å². The zero-order chi connectivity index (χ0) is 18.7. The fourth-order valence-corrected chi connectivity index (χ4v) is 1.05. The number of rotatable bonds is 6. The van der Waals surface area contributed by atoms with Gasteiger partial charge in [0.15, 0.2) is 0 Å². The lowest BCUT2D eigenvalue weighted by Crippen LogP contribution is -2.32. The lowest BCUT2D eigenvalue weighted by Gasteiger charge is -2.13. The van der Waals surface area contributed by atoms with Gasteiger partial charge in [-0.15, -0.1) is 5.48 Å². The van der Waals surface area contributed by atoms with Gasteiger partial charge in [0.1, 0.15) is 0 Å². The molecule has 0 aliphatic carbocycles. The number of hydrogen-bond donors (Lipinski definition) is 2. The Morgan fingerprint density at radius 3 is 1.96 bits per heavy atom. The maximum absolute atomic E-state index is 11.8. The highest BCUT2D eigenvalue weighted by molar-refractivity contribution is 5.92. The standard InChI is InChI=1S/C14H20N2O8/c1-6-21-13(19)15-10(23-11(17)8(3)4)9(5)12(18)24-16-14(20)22-7-2/h3,6-7H2,1-2,4-5H3,(H,15,19)(H,16,20). The molecule has 0 aliphatic rings. The Kier molecular flexibility index (Phi) is 9.30. The van der Waals surface area contributed by atoms with Crippen molar-refractivity contribution in [3.8, 4) is 0 Å². The molecule has 0 aromatic rings. The smallest absolute Gasteiger partial charge is 0.440 e. The minimum Gasteiger partial charge on any atom is -0.450 e. The summed E-state index contributed by atoms with van der Waals surface area (Å²) < 4.78 is 14.0. The van der Waals surface area contributed by atoms with Crippen molar-refractivity contribution in [3.63, 3.8) is 0 Å². The van der Waals surface area contributed by atoms with E-state index in [0.29, 0.717) is 0 Å². The molecule has 0 atom stereocenters. The highest BCUT2D eigenvalue weighted by Gasteiger charge is 2.21. The second-order valence-corrected chi connectivity index (χ2v) is 4.18. The van der Waals surface area contributed by atoms with Crippen molar-refractivity contribution in [1.82, 2.24) is 10.8 Å². The number of ether oxygens (including phenoxy) is 3. The molecular formula is C14H20N2O8. The topological polar surface area (TPSA) is 129 Å². The molecule has 2 N–H and O–H groups in total. The van der Waals surface area contributed by atoms with Crippen LogP contribution in [0.15, 0.2) is 23.6 Å². The minimum absolute atomic E-state index is 0.0315. The van der Waals surface area contributed by atoms with Gasteiger partial charge in [0, 0.05) is 5.57 Å². The number of esters is 1. The van der Waals surface area contributed by atoms with Crippen LogP contribution in [0.5, 0.6) is 0 Å². The number of hydroxylamine groups is 1. The number of alkyl carbamates (subject to hydrolysis) is 1. The van der Waals surface area contributed by atoms with Gasteiger partial charge in [-0.3, -0.25) is 5.32 Å². The quantitative estimate of drug-likeness (QED) is 0.242. The third-order valence-corrected chi connectivity index (χ3v) is 2.18. The summed E-state index contributed by atoms with van der Waals surface area (Å²) in [5, 5.41) is 2.09. The molecule has 134 valence electrons. The van der Waals surface area contributed by atoms with E-state index < -0.39 is 30.0 Å². The summed E-state index contributed by atoms with van der Waals surface area (Å²) in [6, 6.07) is 0. The molecule has 10 nitrogen and oxygen atoms in total. The minimum atomic E-state index is -1.09. The van der Waals surface area contributed by atoms with Gasteiger partial charge in [0.2, 0.25) is 5.88 Å². The highest BCUT2D eigenvalue weighted by Crippen LogP contribution is 2.08. The van der Waals surface area contributed by atoms with Crippen molar-refractivity contribution in [2.75, 3.05) is 13.2 Å². The average Bonchev–Trinajstić information content (AvgIpc) is 2.51. The molecule has 0 aliphatic heterocycles. The van der Waals surface area contributed by atoms with Crippen LogP contribution in [0.4, 0.5) is 9.59 Å². The Morgan fingerprint density at radius 2 is 1.46 bits per heavy atom. The third kappa shape index (κ3) is 7.82. The molecule has 0 bridgehead atoms. The molecule has 24 heavy (non-hydrogen) atoms. The first-order valence-electron chi connectivity index (χ1n) is 6.89. The van der Waals surface area contributed by atoms with Gasteiger partial charge >= 0.3 is 24.1 Å². The van der Waals surface area contributed by atoms with Crippen LogP contribution in [0.25, 0.3) is 0 Å². The summed E-state index contributed by atoms with van der Waals surface area (Å²) in [5.74, 6) is -2.49. The number of nitrogens with one attached hydrogen (secondary N) is 2. The first-order valence-corrected chi connectivity index (χ1v) is 6.89. The van der Waals surface area contributed by atoms with Gasteiger partial charge in [-0.1, -0.05) is 6.58 Å². The molecule has 0 fully saturated rings. The lowest BCUT2D eigenvalue weighted by atomic mass is 10.3. The van der Waals surface area contributed by atoms with Crippen LogP contribution in [0.3, 0.4) is 0 Å². The van der Waals surface area contributed by atoms with Crippen LogP contribution < -0.4 is 10.8 Å². The summed E-state index contributed by atoms with van der Waals surface area (Å²) in [6.45, 7) is 9.20. The summed E-state index contributed by atoms with van der Waals surface area (Å²) in [7, 11) is 0. The SMILES string of the molecule is C=C(C)C(=O)OC(NC(=O)OCC)=C(C)C(=O)ONC(=O)OCC. The van der Waals surface area contributed by atoms with Crippen LogP contribution in [-0.2, 0) is 28.6 Å². The largest absolute Gasteiger partial charge is 0.450 e. The molecule has 0 spiro atoms. The second-order valence-electron chi connectivity index (χ2n) is 4.18. The Hall–Kier alpha value is -3.04. The first kappa shape index (κ1) is 21.0. The van der Waals surface area contributed by atoms with Gasteiger partial charge in [-0.2, -0.15) is 0 Å². The van der Waals surface area contributed by atoms with Gasteiger partial charge in [0.05, 0.1) is 18.8 Å². The summed E-state index contributed by atoms with van der Waals surface area (Å²) >= 11 is 0. The molecule has 0 aromatic carbocycles. The fourth-order valence-electron chi connectivity index (χ4n) is 1.05. The molecule has 0 radical (unpaired) electrons. The molecular weight excluding hydrogens is 324 g/mol. The van der Waals surface area contributed by atoms with Crippen molar-refractivity contribution < 1.29 is 38.2 Å². The predicted molar refractivity (Wildman–Crippen MR) is 80.0 cm³/mol. The van der Waals surface area contributed by atoms with Gasteiger partial charge < -0.3 is 19.0 Å². The van der Waals surface area contributed by atoms with E-state index in [-0.39, 0.29) is 24.4 Å². The Morgan fingerprint density at radius 1 is 0.917 bits per heavy atom. The third-order valence-electron chi connectivity index (χ3n) is 2.18. The van der Waals surface area contributed by atoms with Crippen LogP contribution in [-0.4, -0.2) is 37.3 Å². The van der Waals surface area contributed by atoms with Gasteiger partial charge in [0.25, 0.3) is 0 Å². The van der Waals surface area contributed by atoms with E-state index in [1.54, 1.807) is 19.3 Å². The Labute approximate surface area is 138 Å². The molecule has 0 saturated heterocycles. The van der Waals surface area contributed by atoms with E-state index in [4.69, 9.17) is 4.74 Å². The number of hydrogen-bond acceptors (Lipinski definition) is 8. The maximum atomic E-state index is 11.8. The number of carbonyl (C=O) groups excluding carboxylic acids is 4. The number of carbonyl (C=O) groups is 4. The van der Waals surface area contributed by atoms with Crippen molar-refractivity contribution in [3.05, 3.63) is 23.6 Å². The Balaban J connectivity index is 5.16. The van der Waals surface area contributed by atoms with Crippen LogP contribution >= 0.6 is 0 Å². The van der Waals surface area contributed by atoms with E-state index in [2.05, 4.69) is 26.2 Å².